The van der Waals surface area contributed by atoms with Crippen LogP contribution in [-0.4, -0.2) is 12.1 Å². The van der Waals surface area contributed by atoms with Crippen molar-refractivity contribution in [2.75, 3.05) is 0 Å². The van der Waals surface area contributed by atoms with Crippen LogP contribution in [0.15, 0.2) is 60.7 Å². The summed E-state index contributed by atoms with van der Waals surface area (Å²) >= 11 is 0. The van der Waals surface area contributed by atoms with Gasteiger partial charge >= 0.3 is 0 Å². The van der Waals surface area contributed by atoms with Gasteiger partial charge in [-0.25, -0.2) is 0 Å². The van der Waals surface area contributed by atoms with Crippen LogP contribution in [0.5, 0.6) is 0 Å². The topological polar surface area (TPSA) is 34.1 Å². The minimum absolute atomic E-state index is 0.0400. The molecule has 0 heterocycles. The molecule has 0 aromatic heterocycles. The Morgan fingerprint density at radius 3 is 2.28 bits per heavy atom. The summed E-state index contributed by atoms with van der Waals surface area (Å²) in [5.41, 5.74) is 1.99. The van der Waals surface area contributed by atoms with Gasteiger partial charge in [-0.05, 0) is 11.6 Å². The van der Waals surface area contributed by atoms with Crippen molar-refractivity contribution in [1.82, 2.24) is 0 Å². The quantitative estimate of drug-likeness (QED) is 0.464. The molecule has 0 aliphatic heterocycles. The van der Waals surface area contributed by atoms with Crippen molar-refractivity contribution in [2.45, 2.75) is 0 Å². The number of carbonyl (C=O) groups excluding carboxylic acids is 2. The average Bonchev–Trinajstić information content (AvgIpc) is 2.45. The van der Waals surface area contributed by atoms with Gasteiger partial charge in [-0.2, -0.15) is 0 Å². The van der Waals surface area contributed by atoms with E-state index in [1.807, 2.05) is 36.4 Å². The first-order valence-electron chi connectivity index (χ1n) is 5.63. The molecule has 88 valence electrons. The molecule has 0 atom stereocenters. The van der Waals surface area contributed by atoms with Crippen LogP contribution in [0, 0.1) is 0 Å². The zero-order valence-electron chi connectivity index (χ0n) is 9.74. The van der Waals surface area contributed by atoms with E-state index in [0.29, 0.717) is 17.4 Å². The van der Waals surface area contributed by atoms with Crippen molar-refractivity contribution in [1.29, 1.82) is 0 Å². The molecule has 0 aliphatic carbocycles. The third-order valence-corrected chi connectivity index (χ3v) is 2.60. The van der Waals surface area contributed by atoms with Gasteiger partial charge < -0.3 is 0 Å². The maximum Gasteiger partial charge on any atom is 0.193 e. The highest BCUT2D eigenvalue weighted by Gasteiger charge is 2.10. The number of allylic oxidation sites excluding steroid dienone is 1. The van der Waals surface area contributed by atoms with Crippen molar-refractivity contribution >= 4 is 18.1 Å². The molecular formula is C16H12O2. The monoisotopic (exact) mass is 236 g/mol. The first-order valence-corrected chi connectivity index (χ1v) is 5.63. The van der Waals surface area contributed by atoms with E-state index in [-0.39, 0.29) is 5.78 Å². The van der Waals surface area contributed by atoms with Gasteiger partial charge in [-0.15, -0.1) is 0 Å². The molecule has 0 bridgehead atoms. The van der Waals surface area contributed by atoms with E-state index in [1.165, 1.54) is 6.08 Å². The summed E-state index contributed by atoms with van der Waals surface area (Å²) in [6, 6.07) is 16.3. The summed E-state index contributed by atoms with van der Waals surface area (Å²) in [5.74, 6) is -0.0400. The average molecular weight is 236 g/mol. The Hall–Kier alpha value is -2.48. The summed E-state index contributed by atoms with van der Waals surface area (Å²) in [5, 5.41) is 0. The predicted octanol–water partition coefficient (Wildman–Crippen LogP) is 3.13. The summed E-state index contributed by atoms with van der Waals surface area (Å²) in [6.07, 6.45) is 3.73. The van der Waals surface area contributed by atoms with Crippen LogP contribution in [0.3, 0.4) is 0 Å². The number of rotatable bonds is 4. The van der Waals surface area contributed by atoms with E-state index in [2.05, 4.69) is 0 Å². The first kappa shape index (κ1) is 12.0. The Bertz CT molecular complexity index is 583. The molecule has 0 N–H and O–H groups in total. The van der Waals surface area contributed by atoms with Gasteiger partial charge in [0.1, 0.15) is 6.29 Å². The fourth-order valence-electron chi connectivity index (χ4n) is 1.74. The molecule has 18 heavy (non-hydrogen) atoms. The lowest BCUT2D eigenvalue weighted by Crippen LogP contribution is -2.03. The van der Waals surface area contributed by atoms with Crippen molar-refractivity contribution < 1.29 is 9.59 Å². The van der Waals surface area contributed by atoms with Crippen molar-refractivity contribution in [3.63, 3.8) is 0 Å². The lowest BCUT2D eigenvalue weighted by atomic mass is 9.98. The van der Waals surface area contributed by atoms with Gasteiger partial charge in [0.2, 0.25) is 0 Å². The second-order valence-electron chi connectivity index (χ2n) is 3.78. The first-order chi connectivity index (χ1) is 8.83. The van der Waals surface area contributed by atoms with Crippen LogP contribution in [0.2, 0.25) is 0 Å². The molecule has 2 heteroatoms. The molecule has 2 aromatic rings. The van der Waals surface area contributed by atoms with Gasteiger partial charge in [-0.1, -0.05) is 60.7 Å². The van der Waals surface area contributed by atoms with Crippen molar-refractivity contribution in [3.05, 3.63) is 77.4 Å². The SMILES string of the molecule is O=C/C=C/c1ccccc1C(=O)c1ccccc1. The normalized spacial score (nSPS) is 10.4. The lowest BCUT2D eigenvalue weighted by molar-refractivity contribution is -0.104. The van der Waals surface area contributed by atoms with Gasteiger partial charge in [-0.3, -0.25) is 9.59 Å². The number of carbonyl (C=O) groups is 2. The third kappa shape index (κ3) is 2.61. The molecule has 0 saturated carbocycles. The van der Waals surface area contributed by atoms with E-state index in [4.69, 9.17) is 0 Å². The highest BCUT2D eigenvalue weighted by atomic mass is 16.1. The Morgan fingerprint density at radius 2 is 1.56 bits per heavy atom. The zero-order chi connectivity index (χ0) is 12.8. The summed E-state index contributed by atoms with van der Waals surface area (Å²) in [6.45, 7) is 0. The maximum atomic E-state index is 12.3. The van der Waals surface area contributed by atoms with Crippen LogP contribution < -0.4 is 0 Å². The fraction of sp³-hybridized carbons (Fsp3) is 0. The maximum absolute atomic E-state index is 12.3. The standard InChI is InChI=1S/C16H12O2/c17-12-6-10-13-7-4-5-11-15(13)16(18)14-8-2-1-3-9-14/h1-12H/b10-6+. The van der Waals surface area contributed by atoms with E-state index in [9.17, 15) is 9.59 Å². The number of hydrogen-bond donors (Lipinski definition) is 0. The third-order valence-electron chi connectivity index (χ3n) is 2.60. The van der Waals surface area contributed by atoms with Crippen LogP contribution >= 0.6 is 0 Å². The fourth-order valence-corrected chi connectivity index (χ4v) is 1.74. The van der Waals surface area contributed by atoms with E-state index >= 15 is 0 Å². The van der Waals surface area contributed by atoms with Crippen LogP contribution in [0.25, 0.3) is 6.08 Å². The van der Waals surface area contributed by atoms with Crippen LogP contribution in [-0.2, 0) is 4.79 Å². The summed E-state index contributed by atoms with van der Waals surface area (Å²) in [4.78, 5) is 22.7. The molecule has 2 aromatic carbocycles. The van der Waals surface area contributed by atoms with Gasteiger partial charge in [0, 0.05) is 11.1 Å². The minimum atomic E-state index is -0.0400. The smallest absolute Gasteiger partial charge is 0.193 e. The van der Waals surface area contributed by atoms with E-state index in [0.717, 1.165) is 5.56 Å². The second kappa shape index (κ2) is 5.73. The number of ketones is 1. The molecular weight excluding hydrogens is 224 g/mol. The summed E-state index contributed by atoms with van der Waals surface area (Å²) < 4.78 is 0. The molecule has 0 unspecified atom stereocenters. The molecule has 2 nitrogen and oxygen atoms in total. The molecule has 0 radical (unpaired) electrons. The van der Waals surface area contributed by atoms with Crippen LogP contribution in [0.1, 0.15) is 21.5 Å². The van der Waals surface area contributed by atoms with Crippen LogP contribution in [0.4, 0.5) is 0 Å². The van der Waals surface area contributed by atoms with Gasteiger partial charge in [0.25, 0.3) is 0 Å². The molecule has 0 fully saturated rings. The highest BCUT2D eigenvalue weighted by Crippen LogP contribution is 2.15. The Balaban J connectivity index is 2.42. The molecule has 0 spiro atoms. The van der Waals surface area contributed by atoms with Crippen molar-refractivity contribution in [3.8, 4) is 0 Å². The Labute approximate surface area is 106 Å². The van der Waals surface area contributed by atoms with Crippen molar-refractivity contribution in [2.24, 2.45) is 0 Å². The number of aldehydes is 1. The lowest BCUT2D eigenvalue weighted by Gasteiger charge is -2.04. The molecule has 0 amide bonds. The highest BCUT2D eigenvalue weighted by molar-refractivity contribution is 6.11. The number of benzene rings is 2. The van der Waals surface area contributed by atoms with Gasteiger partial charge in [0.15, 0.2) is 5.78 Å². The Morgan fingerprint density at radius 1 is 0.889 bits per heavy atom. The molecule has 2 rings (SSSR count). The largest absolute Gasteiger partial charge is 0.299 e. The summed E-state index contributed by atoms with van der Waals surface area (Å²) in [7, 11) is 0. The van der Waals surface area contributed by atoms with E-state index in [1.54, 1.807) is 24.3 Å². The number of hydrogen-bond acceptors (Lipinski definition) is 2. The van der Waals surface area contributed by atoms with Gasteiger partial charge in [0.05, 0.1) is 0 Å². The van der Waals surface area contributed by atoms with E-state index < -0.39 is 0 Å². The zero-order valence-corrected chi connectivity index (χ0v) is 9.74. The predicted molar refractivity (Wildman–Crippen MR) is 71.4 cm³/mol. The minimum Gasteiger partial charge on any atom is -0.299 e. The second-order valence-corrected chi connectivity index (χ2v) is 3.78. The Kier molecular flexibility index (Phi) is 3.82. The molecule has 0 saturated heterocycles. The molecule has 0 aliphatic rings.